The van der Waals surface area contributed by atoms with E-state index < -0.39 is 0 Å². The van der Waals surface area contributed by atoms with Crippen LogP contribution in [0.5, 0.6) is 0 Å². The van der Waals surface area contributed by atoms with Crippen molar-refractivity contribution >= 4 is 11.7 Å². The Bertz CT molecular complexity index is 582. The number of amides is 1. The fraction of sp³-hybridized carbons (Fsp3) is 0.0714. The van der Waals surface area contributed by atoms with Gasteiger partial charge in [0.2, 0.25) is 0 Å². The molecule has 0 bridgehead atoms. The summed E-state index contributed by atoms with van der Waals surface area (Å²) < 4.78 is 0. The summed E-state index contributed by atoms with van der Waals surface area (Å²) in [5.74, 6) is 5.40. The van der Waals surface area contributed by atoms with Crippen LogP contribution in [0.25, 0.3) is 0 Å². The summed E-state index contributed by atoms with van der Waals surface area (Å²) in [5.41, 5.74) is 1.75. The third kappa shape index (κ3) is 2.83. The van der Waals surface area contributed by atoms with Crippen molar-refractivity contribution in [3.63, 3.8) is 0 Å². The van der Waals surface area contributed by atoms with Crippen LogP contribution in [0.3, 0.4) is 0 Å². The Balaban J connectivity index is 2.25. The van der Waals surface area contributed by atoms with Gasteiger partial charge in [0.15, 0.2) is 5.78 Å². The van der Waals surface area contributed by atoms with Crippen LogP contribution in [0.2, 0.25) is 0 Å². The summed E-state index contributed by atoms with van der Waals surface area (Å²) in [7, 11) is 0. The van der Waals surface area contributed by atoms with Crippen LogP contribution in [0.1, 0.15) is 17.3 Å². The van der Waals surface area contributed by atoms with E-state index in [1.54, 1.807) is 31.2 Å². The molecule has 1 aromatic heterocycles. The molecule has 0 unspecified atom stereocenters. The highest BCUT2D eigenvalue weighted by atomic mass is 16.2. The average molecular weight is 255 g/mol. The van der Waals surface area contributed by atoms with E-state index >= 15 is 0 Å². The van der Waals surface area contributed by atoms with E-state index in [-0.39, 0.29) is 11.7 Å². The molecule has 2 rings (SSSR count). The van der Waals surface area contributed by atoms with Crippen molar-refractivity contribution in [3.05, 3.63) is 65.7 Å². The van der Waals surface area contributed by atoms with Gasteiger partial charge in [-0.05, 0) is 48.9 Å². The van der Waals surface area contributed by atoms with Gasteiger partial charge in [-0.25, -0.2) is 10.9 Å². The summed E-state index contributed by atoms with van der Waals surface area (Å²) in [6.45, 7) is 1.72. The molecule has 0 atom stereocenters. The fourth-order valence-electron chi connectivity index (χ4n) is 1.62. The highest BCUT2D eigenvalue weighted by Gasteiger charge is 2.16. The number of pyridine rings is 1. The number of hydrogen-bond acceptors (Lipinski definition) is 4. The van der Waals surface area contributed by atoms with Gasteiger partial charge in [0.1, 0.15) is 0 Å². The molecule has 0 aliphatic heterocycles. The van der Waals surface area contributed by atoms with E-state index in [9.17, 15) is 9.59 Å². The minimum absolute atomic E-state index is 0.0828. The number of hydrogen-bond donors (Lipinski definition) is 1. The Morgan fingerprint density at radius 3 is 2.32 bits per heavy atom. The first kappa shape index (κ1) is 12.9. The second kappa shape index (κ2) is 5.41. The molecule has 2 N–H and O–H groups in total. The Labute approximate surface area is 110 Å². The summed E-state index contributed by atoms with van der Waals surface area (Å²) in [5, 5.41) is 1.06. The summed E-state index contributed by atoms with van der Waals surface area (Å²) in [6, 6.07) is 3.19. The van der Waals surface area contributed by atoms with Crippen LogP contribution in [0.4, 0.5) is 0 Å². The van der Waals surface area contributed by atoms with E-state index in [0.717, 1.165) is 10.6 Å². The lowest BCUT2D eigenvalue weighted by molar-refractivity contribution is -0.110. The van der Waals surface area contributed by atoms with E-state index in [2.05, 4.69) is 4.98 Å². The zero-order chi connectivity index (χ0) is 13.8. The van der Waals surface area contributed by atoms with E-state index in [1.165, 1.54) is 24.5 Å². The molecular weight excluding hydrogens is 242 g/mol. The number of nitrogens with zero attached hydrogens (tertiary/aromatic N) is 2. The molecule has 96 valence electrons. The highest BCUT2D eigenvalue weighted by Crippen LogP contribution is 2.15. The standard InChI is InChI=1S/C14H13N3O2/c1-10(11-2-4-13(18)5-3-11)17(15)14(19)12-6-8-16-9-7-12/h2-9H,15H2,1H3. The molecule has 1 heterocycles. The number of hydrazine groups is 1. The minimum Gasteiger partial charge on any atom is -0.290 e. The second-order valence-electron chi connectivity index (χ2n) is 4.02. The first-order chi connectivity index (χ1) is 9.09. The Morgan fingerprint density at radius 1 is 1.16 bits per heavy atom. The molecule has 5 heteroatoms. The molecule has 1 amide bonds. The van der Waals surface area contributed by atoms with Crippen molar-refractivity contribution in [2.75, 3.05) is 0 Å². The number of ketones is 1. The predicted octanol–water partition coefficient (Wildman–Crippen LogP) is 1.37. The largest absolute Gasteiger partial charge is 0.290 e. The first-order valence-electron chi connectivity index (χ1n) is 5.70. The van der Waals surface area contributed by atoms with Gasteiger partial charge in [-0.15, -0.1) is 0 Å². The molecule has 0 fully saturated rings. The molecule has 1 aromatic rings. The summed E-state index contributed by atoms with van der Waals surface area (Å²) >= 11 is 0. The Morgan fingerprint density at radius 2 is 1.74 bits per heavy atom. The predicted molar refractivity (Wildman–Crippen MR) is 70.6 cm³/mol. The van der Waals surface area contributed by atoms with Gasteiger partial charge in [-0.1, -0.05) is 0 Å². The highest BCUT2D eigenvalue weighted by molar-refractivity contribution is 6.01. The normalized spacial score (nSPS) is 13.6. The van der Waals surface area contributed by atoms with Crippen molar-refractivity contribution in [2.45, 2.75) is 6.92 Å². The number of nitrogens with two attached hydrogens (primary N) is 1. The molecule has 0 saturated carbocycles. The van der Waals surface area contributed by atoms with Crippen LogP contribution < -0.4 is 5.84 Å². The molecular formula is C14H13N3O2. The maximum absolute atomic E-state index is 12.1. The number of carbonyl (C=O) groups is 2. The van der Waals surface area contributed by atoms with Crippen LogP contribution in [-0.2, 0) is 4.79 Å². The van der Waals surface area contributed by atoms with E-state index in [4.69, 9.17) is 5.84 Å². The summed E-state index contributed by atoms with van der Waals surface area (Å²) in [6.07, 6.45) is 9.20. The van der Waals surface area contributed by atoms with Crippen molar-refractivity contribution in [3.8, 4) is 0 Å². The Kier molecular flexibility index (Phi) is 3.68. The molecule has 5 nitrogen and oxygen atoms in total. The lowest BCUT2D eigenvalue weighted by atomic mass is 10.1. The number of allylic oxidation sites excluding steroid dienone is 6. The maximum atomic E-state index is 12.1. The molecule has 1 aliphatic carbocycles. The number of aromatic nitrogens is 1. The van der Waals surface area contributed by atoms with Crippen molar-refractivity contribution in [2.24, 2.45) is 5.84 Å². The van der Waals surface area contributed by atoms with Gasteiger partial charge in [-0.2, -0.15) is 0 Å². The topological polar surface area (TPSA) is 76.3 Å². The number of carbonyl (C=O) groups excluding carboxylic acids is 2. The van der Waals surface area contributed by atoms with Crippen molar-refractivity contribution in [1.29, 1.82) is 0 Å². The van der Waals surface area contributed by atoms with Gasteiger partial charge in [0.25, 0.3) is 5.91 Å². The van der Waals surface area contributed by atoms with Crippen LogP contribution in [-0.4, -0.2) is 21.7 Å². The zero-order valence-corrected chi connectivity index (χ0v) is 10.4. The fourth-order valence-corrected chi connectivity index (χ4v) is 1.62. The van der Waals surface area contributed by atoms with Gasteiger partial charge >= 0.3 is 0 Å². The second-order valence-corrected chi connectivity index (χ2v) is 4.02. The van der Waals surface area contributed by atoms with Crippen molar-refractivity contribution in [1.82, 2.24) is 9.99 Å². The zero-order valence-electron chi connectivity index (χ0n) is 10.4. The van der Waals surface area contributed by atoms with Gasteiger partial charge < -0.3 is 0 Å². The molecule has 1 aliphatic rings. The molecule has 0 saturated heterocycles. The quantitative estimate of drug-likeness (QED) is 0.492. The van der Waals surface area contributed by atoms with Gasteiger partial charge in [0.05, 0.1) is 0 Å². The average Bonchev–Trinajstić information content (AvgIpc) is 2.46. The minimum atomic E-state index is -0.328. The van der Waals surface area contributed by atoms with E-state index in [0.29, 0.717) is 11.3 Å². The summed E-state index contributed by atoms with van der Waals surface area (Å²) in [4.78, 5) is 27.0. The third-order valence-electron chi connectivity index (χ3n) is 2.78. The third-order valence-corrected chi connectivity index (χ3v) is 2.78. The monoisotopic (exact) mass is 255 g/mol. The van der Waals surface area contributed by atoms with E-state index in [1.807, 2.05) is 0 Å². The maximum Gasteiger partial charge on any atom is 0.272 e. The lowest BCUT2D eigenvalue weighted by Crippen LogP contribution is -2.36. The number of rotatable bonds is 2. The van der Waals surface area contributed by atoms with Gasteiger partial charge in [0, 0.05) is 23.7 Å². The lowest BCUT2D eigenvalue weighted by Gasteiger charge is -2.19. The van der Waals surface area contributed by atoms with Crippen molar-refractivity contribution < 1.29 is 9.59 Å². The molecule has 19 heavy (non-hydrogen) atoms. The molecule has 0 spiro atoms. The molecule has 0 radical (unpaired) electrons. The van der Waals surface area contributed by atoms with Crippen LogP contribution in [0.15, 0.2) is 60.1 Å². The SMILES string of the molecule is CC(=C1C=CC(=O)C=C1)N(N)C(=O)c1ccncc1. The smallest absolute Gasteiger partial charge is 0.272 e. The van der Waals surface area contributed by atoms with Crippen LogP contribution >= 0.6 is 0 Å². The first-order valence-corrected chi connectivity index (χ1v) is 5.70. The Hall–Kier alpha value is -2.53. The molecule has 0 aromatic carbocycles. The van der Waals surface area contributed by atoms with Crippen LogP contribution in [0, 0.1) is 0 Å². The van der Waals surface area contributed by atoms with Gasteiger partial charge in [-0.3, -0.25) is 14.6 Å².